The van der Waals surface area contributed by atoms with Crippen molar-refractivity contribution in [1.82, 2.24) is 24.3 Å². The van der Waals surface area contributed by atoms with E-state index in [1.54, 1.807) is 38.1 Å². The van der Waals surface area contributed by atoms with Gasteiger partial charge in [-0.1, -0.05) is 0 Å². The second-order valence-corrected chi connectivity index (χ2v) is 6.84. The Labute approximate surface area is 159 Å². The molecule has 1 aromatic carbocycles. The molecule has 0 aliphatic carbocycles. The van der Waals surface area contributed by atoms with Crippen molar-refractivity contribution in [1.29, 1.82) is 0 Å². The lowest BCUT2D eigenvalue weighted by Gasteiger charge is -2.13. The van der Waals surface area contributed by atoms with Gasteiger partial charge in [0.05, 0.1) is 25.1 Å². The van der Waals surface area contributed by atoms with E-state index in [-0.39, 0.29) is 17.3 Å². The zero-order valence-corrected chi connectivity index (χ0v) is 16.3. The Morgan fingerprint density at radius 1 is 1.14 bits per heavy atom. The van der Waals surface area contributed by atoms with Gasteiger partial charge in [0.1, 0.15) is 11.5 Å². The van der Waals surface area contributed by atoms with Gasteiger partial charge in [-0.2, -0.15) is 0 Å². The Morgan fingerprint density at radius 2 is 1.89 bits per heavy atom. The van der Waals surface area contributed by atoms with Crippen molar-refractivity contribution in [3.8, 4) is 22.6 Å². The number of benzene rings is 1. The number of rotatable bonds is 4. The number of fused-ring (bicyclic) bond motifs is 2. The number of nitrogens with one attached hydrogen (secondary N) is 2. The first-order valence-corrected chi connectivity index (χ1v) is 8.82. The Hall–Kier alpha value is -3.49. The van der Waals surface area contributed by atoms with E-state index in [2.05, 4.69) is 15.1 Å². The van der Waals surface area contributed by atoms with Crippen molar-refractivity contribution in [2.45, 2.75) is 19.9 Å². The first-order chi connectivity index (χ1) is 13.4. The molecule has 4 rings (SSSR count). The van der Waals surface area contributed by atoms with E-state index in [0.29, 0.717) is 44.8 Å². The van der Waals surface area contributed by atoms with Crippen LogP contribution < -0.4 is 20.7 Å². The van der Waals surface area contributed by atoms with Crippen LogP contribution in [0.25, 0.3) is 33.3 Å². The maximum atomic E-state index is 12.9. The number of nitrogens with zero attached hydrogens (tertiary/aromatic N) is 3. The average molecular weight is 383 g/mol. The van der Waals surface area contributed by atoms with Crippen LogP contribution in [0.1, 0.15) is 19.9 Å². The molecule has 0 saturated heterocycles. The minimum Gasteiger partial charge on any atom is -0.497 e. The van der Waals surface area contributed by atoms with E-state index < -0.39 is 0 Å². The molecule has 2 N–H and O–H groups in total. The third-order valence-corrected chi connectivity index (χ3v) is 4.89. The molecule has 0 fully saturated rings. The zero-order valence-electron chi connectivity index (χ0n) is 16.3. The maximum Gasteiger partial charge on any atom is 0.327 e. The molecule has 3 heterocycles. The molecule has 0 saturated carbocycles. The number of aromatic nitrogens is 5. The van der Waals surface area contributed by atoms with Gasteiger partial charge in [-0.3, -0.25) is 24.1 Å². The molecular weight excluding hydrogens is 362 g/mol. The van der Waals surface area contributed by atoms with E-state index in [9.17, 15) is 9.59 Å². The summed E-state index contributed by atoms with van der Waals surface area (Å²) in [7, 11) is 4.76. The minimum atomic E-state index is -0.309. The second kappa shape index (κ2) is 6.29. The van der Waals surface area contributed by atoms with E-state index in [1.807, 2.05) is 19.9 Å². The number of methoxy groups -OCH3 is 2. The molecular formula is C19H21N5O4. The number of aryl methyl sites for hydroxylation is 1. The van der Waals surface area contributed by atoms with Crippen LogP contribution in [-0.2, 0) is 7.05 Å². The first-order valence-electron chi connectivity index (χ1n) is 8.82. The molecule has 9 nitrogen and oxygen atoms in total. The monoisotopic (exact) mass is 383 g/mol. The van der Waals surface area contributed by atoms with Crippen molar-refractivity contribution in [3.05, 3.63) is 39.0 Å². The van der Waals surface area contributed by atoms with E-state index in [0.717, 1.165) is 0 Å². The van der Waals surface area contributed by atoms with Gasteiger partial charge in [-0.25, -0.2) is 9.78 Å². The predicted octanol–water partition coefficient (Wildman–Crippen LogP) is 2.17. The van der Waals surface area contributed by atoms with Gasteiger partial charge >= 0.3 is 5.69 Å². The largest absolute Gasteiger partial charge is 0.497 e. The molecule has 0 aliphatic rings. The lowest BCUT2D eigenvalue weighted by Crippen LogP contribution is -2.12. The van der Waals surface area contributed by atoms with Crippen molar-refractivity contribution < 1.29 is 9.47 Å². The minimum absolute atomic E-state index is 0.0174. The van der Waals surface area contributed by atoms with Crippen LogP contribution in [-0.4, -0.2) is 38.5 Å². The number of pyridine rings is 1. The van der Waals surface area contributed by atoms with Crippen LogP contribution in [0.4, 0.5) is 0 Å². The van der Waals surface area contributed by atoms with E-state index in [4.69, 9.17) is 9.47 Å². The summed E-state index contributed by atoms with van der Waals surface area (Å²) in [6, 6.07) is 5.33. The van der Waals surface area contributed by atoms with Crippen molar-refractivity contribution >= 4 is 22.2 Å². The molecule has 28 heavy (non-hydrogen) atoms. The molecule has 0 spiro atoms. The summed E-state index contributed by atoms with van der Waals surface area (Å²) in [5, 5.41) is 3.25. The Balaban J connectivity index is 2.26. The molecule has 0 radical (unpaired) electrons. The second-order valence-electron chi connectivity index (χ2n) is 6.84. The number of hydrogen-bond donors (Lipinski definition) is 2. The Bertz CT molecular complexity index is 1320. The molecule has 0 amide bonds. The van der Waals surface area contributed by atoms with Gasteiger partial charge < -0.3 is 9.47 Å². The highest BCUT2D eigenvalue weighted by Gasteiger charge is 2.24. The van der Waals surface area contributed by atoms with Gasteiger partial charge in [-0.05, 0) is 26.0 Å². The number of hydrogen-bond acceptors (Lipinski definition) is 5. The lowest BCUT2D eigenvalue weighted by molar-refractivity contribution is 0.395. The molecule has 0 unspecified atom stereocenters. The van der Waals surface area contributed by atoms with Crippen LogP contribution in [0.3, 0.4) is 0 Å². The van der Waals surface area contributed by atoms with Gasteiger partial charge in [0.2, 0.25) is 0 Å². The quantitative estimate of drug-likeness (QED) is 0.562. The van der Waals surface area contributed by atoms with Crippen molar-refractivity contribution in [2.24, 2.45) is 7.05 Å². The molecule has 4 aromatic rings. The van der Waals surface area contributed by atoms with Crippen molar-refractivity contribution in [2.75, 3.05) is 14.2 Å². The van der Waals surface area contributed by atoms with Crippen LogP contribution in [0.2, 0.25) is 0 Å². The van der Waals surface area contributed by atoms with Crippen molar-refractivity contribution in [3.63, 3.8) is 0 Å². The lowest BCUT2D eigenvalue weighted by atomic mass is 10.0. The summed E-state index contributed by atoms with van der Waals surface area (Å²) in [5.41, 5.74) is 2.08. The number of ether oxygens (including phenoxy) is 2. The topological polar surface area (TPSA) is 107 Å². The van der Waals surface area contributed by atoms with Crippen LogP contribution in [0.15, 0.2) is 27.8 Å². The maximum absolute atomic E-state index is 12.9. The highest BCUT2D eigenvalue weighted by Crippen LogP contribution is 2.39. The third kappa shape index (κ3) is 2.43. The fraction of sp³-hybridized carbons (Fsp3) is 0.316. The molecule has 3 aromatic heterocycles. The highest BCUT2D eigenvalue weighted by atomic mass is 16.5. The van der Waals surface area contributed by atoms with E-state index in [1.165, 1.54) is 4.57 Å². The normalized spacial score (nSPS) is 11.6. The molecule has 146 valence electrons. The standard InChI is InChI=1S/C19H21N5O4/c1-9(2)24-17-14(18(25)22-24)13(15-16(20-17)21-19(26)23(15)3)11-7-6-10(27-4)8-12(11)28-5/h6-9H,1-5H3,(H,22,25)(H,20,21,26). The van der Waals surface area contributed by atoms with Gasteiger partial charge in [0.15, 0.2) is 11.3 Å². The molecule has 0 atom stereocenters. The SMILES string of the molecule is COc1ccc(-c2c3c(=O)[nH]n(C(C)C)c3nc3[nH]c(=O)n(C)c23)c(OC)c1. The highest BCUT2D eigenvalue weighted by molar-refractivity contribution is 6.07. The smallest absolute Gasteiger partial charge is 0.327 e. The zero-order chi connectivity index (χ0) is 20.2. The summed E-state index contributed by atoms with van der Waals surface area (Å²) in [6.45, 7) is 3.89. The van der Waals surface area contributed by atoms with Crippen LogP contribution >= 0.6 is 0 Å². The predicted molar refractivity (Wildman–Crippen MR) is 106 cm³/mol. The third-order valence-electron chi connectivity index (χ3n) is 4.89. The summed E-state index contributed by atoms with van der Waals surface area (Å²) >= 11 is 0. The van der Waals surface area contributed by atoms with Gasteiger partial charge in [-0.15, -0.1) is 0 Å². The summed E-state index contributed by atoms with van der Waals surface area (Å²) in [4.78, 5) is 32.5. The van der Waals surface area contributed by atoms with Crippen LogP contribution in [0, 0.1) is 0 Å². The number of imidazole rings is 1. The van der Waals surface area contributed by atoms with Gasteiger partial charge in [0.25, 0.3) is 5.56 Å². The van der Waals surface area contributed by atoms with Crippen LogP contribution in [0.5, 0.6) is 11.5 Å². The Kier molecular flexibility index (Phi) is 4.02. The summed E-state index contributed by atoms with van der Waals surface area (Å²) in [5.74, 6) is 1.15. The molecule has 0 bridgehead atoms. The Morgan fingerprint density at radius 3 is 2.54 bits per heavy atom. The molecule has 9 heteroatoms. The number of H-pyrrole nitrogens is 2. The average Bonchev–Trinajstić information content (AvgIpc) is 3.16. The number of aromatic amines is 2. The summed E-state index contributed by atoms with van der Waals surface area (Å²) in [6.07, 6.45) is 0. The fourth-order valence-electron chi connectivity index (χ4n) is 3.51. The first kappa shape index (κ1) is 17.9. The van der Waals surface area contributed by atoms with Gasteiger partial charge in [0, 0.05) is 30.3 Å². The summed E-state index contributed by atoms with van der Waals surface area (Å²) < 4.78 is 14.0. The molecule has 0 aliphatic heterocycles. The fourth-order valence-corrected chi connectivity index (χ4v) is 3.51. The van der Waals surface area contributed by atoms with E-state index >= 15 is 0 Å².